The van der Waals surface area contributed by atoms with Gasteiger partial charge in [-0.25, -0.2) is 0 Å². The average molecular weight is 167 g/mol. The maximum atomic E-state index is 11.2. The van der Waals surface area contributed by atoms with E-state index in [0.717, 1.165) is 12.8 Å². The molecule has 4 nitrogen and oxygen atoms in total. The first-order valence-corrected chi connectivity index (χ1v) is 4.27. The van der Waals surface area contributed by atoms with Crippen molar-refractivity contribution in [2.45, 2.75) is 25.0 Å². The summed E-state index contributed by atoms with van der Waals surface area (Å²) in [5, 5.41) is 2.36. The fourth-order valence-corrected chi connectivity index (χ4v) is 2.38. The maximum absolute atomic E-state index is 11.2. The Morgan fingerprint density at radius 2 is 2.08 bits per heavy atom. The zero-order valence-electron chi connectivity index (χ0n) is 6.45. The molecule has 3 fully saturated rings. The van der Waals surface area contributed by atoms with E-state index in [4.69, 9.17) is 4.74 Å². The van der Waals surface area contributed by atoms with Crippen molar-refractivity contribution in [2.75, 3.05) is 0 Å². The summed E-state index contributed by atoms with van der Waals surface area (Å²) < 4.78 is 5.30. The van der Waals surface area contributed by atoms with Crippen LogP contribution in [0.4, 0.5) is 0 Å². The molecule has 0 aromatic rings. The molecular formula is C8H9NO3. The minimum Gasteiger partial charge on any atom is -0.369 e. The lowest BCUT2D eigenvalue weighted by Crippen LogP contribution is -2.28. The smallest absolute Gasteiger partial charge is 0.233 e. The van der Waals surface area contributed by atoms with Crippen LogP contribution in [0, 0.1) is 11.8 Å². The Morgan fingerprint density at radius 3 is 2.92 bits per heavy atom. The molecule has 3 rings (SSSR count). The molecule has 3 aliphatic rings. The number of hydrogen-bond acceptors (Lipinski definition) is 3. The predicted molar refractivity (Wildman–Crippen MR) is 38.0 cm³/mol. The fourth-order valence-electron chi connectivity index (χ4n) is 2.38. The van der Waals surface area contributed by atoms with Crippen molar-refractivity contribution in [2.24, 2.45) is 11.8 Å². The molecule has 4 heteroatoms. The second-order valence-electron chi connectivity index (χ2n) is 3.70. The number of amides is 2. The lowest BCUT2D eigenvalue weighted by Gasteiger charge is -2.16. The molecule has 4 atom stereocenters. The number of ether oxygens (including phenoxy) is 1. The van der Waals surface area contributed by atoms with Crippen LogP contribution in [0.2, 0.25) is 0 Å². The number of imide groups is 1. The van der Waals surface area contributed by atoms with Crippen LogP contribution in [0.25, 0.3) is 0 Å². The Kier molecular flexibility index (Phi) is 1.03. The van der Waals surface area contributed by atoms with Crippen molar-refractivity contribution in [1.82, 2.24) is 5.32 Å². The number of nitrogens with one attached hydrogen (secondary N) is 1. The first-order chi connectivity index (χ1) is 5.77. The Bertz CT molecular complexity index is 275. The van der Waals surface area contributed by atoms with Crippen molar-refractivity contribution >= 4 is 11.8 Å². The van der Waals surface area contributed by atoms with Crippen LogP contribution in [-0.2, 0) is 14.3 Å². The molecule has 12 heavy (non-hydrogen) atoms. The van der Waals surface area contributed by atoms with E-state index in [1.54, 1.807) is 0 Å². The molecule has 0 spiro atoms. The summed E-state index contributed by atoms with van der Waals surface area (Å²) in [6, 6.07) is 0. The molecule has 0 aromatic heterocycles. The summed E-state index contributed by atoms with van der Waals surface area (Å²) in [7, 11) is 0. The van der Waals surface area contributed by atoms with Crippen LogP contribution in [0.15, 0.2) is 0 Å². The highest BCUT2D eigenvalue weighted by atomic mass is 16.6. The Hall–Kier alpha value is -0.900. The number of epoxide rings is 1. The standard InChI is InChI=1S/C8H9NO3/c10-7-3-1-2-4-6(12-4)5(3)8(11)9-7/h3-6H,1-2H2,(H,9,10,11). The molecule has 0 bridgehead atoms. The van der Waals surface area contributed by atoms with Crippen LogP contribution in [0.3, 0.4) is 0 Å². The second-order valence-corrected chi connectivity index (χ2v) is 3.70. The summed E-state index contributed by atoms with van der Waals surface area (Å²) in [4.78, 5) is 22.4. The summed E-state index contributed by atoms with van der Waals surface area (Å²) >= 11 is 0. The number of rotatable bonds is 0. The van der Waals surface area contributed by atoms with Crippen molar-refractivity contribution in [3.8, 4) is 0 Å². The maximum Gasteiger partial charge on any atom is 0.233 e. The van der Waals surface area contributed by atoms with Gasteiger partial charge < -0.3 is 4.74 Å². The van der Waals surface area contributed by atoms with Crippen LogP contribution in [0.1, 0.15) is 12.8 Å². The van der Waals surface area contributed by atoms with Crippen LogP contribution in [-0.4, -0.2) is 24.0 Å². The number of carbonyl (C=O) groups is 2. The van der Waals surface area contributed by atoms with Crippen molar-refractivity contribution in [3.63, 3.8) is 0 Å². The van der Waals surface area contributed by atoms with Crippen molar-refractivity contribution in [1.29, 1.82) is 0 Å². The quantitative estimate of drug-likeness (QED) is 0.388. The van der Waals surface area contributed by atoms with E-state index in [2.05, 4.69) is 5.32 Å². The highest BCUT2D eigenvalue weighted by molar-refractivity contribution is 6.05. The highest BCUT2D eigenvalue weighted by Gasteiger charge is 2.59. The SMILES string of the molecule is O=C1NC(=O)C2C1CCC1OC12. The van der Waals surface area contributed by atoms with Gasteiger partial charge in [0, 0.05) is 0 Å². The summed E-state index contributed by atoms with van der Waals surface area (Å²) in [6.07, 6.45) is 2.06. The lowest BCUT2D eigenvalue weighted by molar-refractivity contribution is -0.126. The van der Waals surface area contributed by atoms with Gasteiger partial charge in [0.2, 0.25) is 11.8 Å². The third-order valence-corrected chi connectivity index (χ3v) is 3.06. The zero-order chi connectivity index (χ0) is 8.29. The monoisotopic (exact) mass is 167 g/mol. The zero-order valence-corrected chi connectivity index (χ0v) is 6.45. The van der Waals surface area contributed by atoms with Crippen LogP contribution in [0.5, 0.6) is 0 Å². The van der Waals surface area contributed by atoms with Gasteiger partial charge >= 0.3 is 0 Å². The van der Waals surface area contributed by atoms with E-state index in [9.17, 15) is 9.59 Å². The number of fused-ring (bicyclic) bond motifs is 3. The summed E-state index contributed by atoms with van der Waals surface area (Å²) in [5.74, 6) is -0.492. The third kappa shape index (κ3) is 0.659. The Labute approximate surface area is 69.3 Å². The van der Waals surface area contributed by atoms with Gasteiger partial charge in [-0.3, -0.25) is 14.9 Å². The van der Waals surface area contributed by atoms with Gasteiger partial charge in [-0.2, -0.15) is 0 Å². The molecule has 1 saturated carbocycles. The molecule has 4 unspecified atom stereocenters. The molecule has 0 aromatic carbocycles. The second kappa shape index (κ2) is 1.88. The van der Waals surface area contributed by atoms with Gasteiger partial charge in [-0.1, -0.05) is 0 Å². The van der Waals surface area contributed by atoms with E-state index in [1.807, 2.05) is 0 Å². The molecule has 1 N–H and O–H groups in total. The molecule has 2 heterocycles. The highest BCUT2D eigenvalue weighted by Crippen LogP contribution is 2.45. The molecule has 0 radical (unpaired) electrons. The molecular weight excluding hydrogens is 158 g/mol. The van der Waals surface area contributed by atoms with Gasteiger partial charge in [-0.05, 0) is 12.8 Å². The van der Waals surface area contributed by atoms with Crippen molar-refractivity contribution < 1.29 is 14.3 Å². The van der Waals surface area contributed by atoms with Crippen LogP contribution < -0.4 is 5.32 Å². The van der Waals surface area contributed by atoms with Crippen molar-refractivity contribution in [3.05, 3.63) is 0 Å². The number of carbonyl (C=O) groups excluding carboxylic acids is 2. The van der Waals surface area contributed by atoms with E-state index in [-0.39, 0.29) is 35.9 Å². The van der Waals surface area contributed by atoms with Gasteiger partial charge in [0.05, 0.1) is 24.0 Å². The molecule has 1 aliphatic carbocycles. The molecule has 2 saturated heterocycles. The summed E-state index contributed by atoms with van der Waals surface area (Å²) in [5.41, 5.74) is 0. The number of hydrogen-bond donors (Lipinski definition) is 1. The molecule has 2 aliphatic heterocycles. The lowest BCUT2D eigenvalue weighted by atomic mass is 9.81. The van der Waals surface area contributed by atoms with E-state index >= 15 is 0 Å². The van der Waals surface area contributed by atoms with E-state index < -0.39 is 0 Å². The molecule has 2 amide bonds. The normalized spacial score (nSPS) is 49.7. The fraction of sp³-hybridized carbons (Fsp3) is 0.750. The minimum atomic E-state index is -0.170. The van der Waals surface area contributed by atoms with Gasteiger partial charge in [0.15, 0.2) is 0 Å². The topological polar surface area (TPSA) is 58.7 Å². The van der Waals surface area contributed by atoms with E-state index in [1.165, 1.54) is 0 Å². The molecule has 64 valence electrons. The van der Waals surface area contributed by atoms with Crippen LogP contribution >= 0.6 is 0 Å². The predicted octanol–water partition coefficient (Wildman–Crippen LogP) is -0.564. The first-order valence-electron chi connectivity index (χ1n) is 4.27. The third-order valence-electron chi connectivity index (χ3n) is 3.06. The summed E-state index contributed by atoms with van der Waals surface area (Å²) in [6.45, 7) is 0. The minimum absolute atomic E-state index is 0.0511. The van der Waals surface area contributed by atoms with Gasteiger partial charge in [-0.15, -0.1) is 0 Å². The van der Waals surface area contributed by atoms with E-state index in [0.29, 0.717) is 0 Å². The van der Waals surface area contributed by atoms with Gasteiger partial charge in [0.25, 0.3) is 0 Å². The average Bonchev–Trinajstić information content (AvgIpc) is 2.74. The first kappa shape index (κ1) is 6.60. The largest absolute Gasteiger partial charge is 0.369 e. The Balaban J connectivity index is 1.95. The Morgan fingerprint density at radius 1 is 1.25 bits per heavy atom. The van der Waals surface area contributed by atoms with Gasteiger partial charge in [0.1, 0.15) is 0 Å².